The number of ether oxygens (including phenoxy) is 1. The van der Waals surface area contributed by atoms with E-state index in [0.29, 0.717) is 17.4 Å². The molecule has 1 aromatic carbocycles. The summed E-state index contributed by atoms with van der Waals surface area (Å²) in [6.45, 7) is 0. The Hall–Kier alpha value is -0.680. The zero-order valence-corrected chi connectivity index (χ0v) is 11.1. The fourth-order valence-electron chi connectivity index (χ4n) is 2.32. The Morgan fingerprint density at radius 2 is 2.28 bits per heavy atom. The number of nitrogens with one attached hydrogen (secondary N) is 1. The predicted molar refractivity (Wildman–Crippen MR) is 69.7 cm³/mol. The highest BCUT2D eigenvalue weighted by atomic mass is 35.5. The quantitative estimate of drug-likeness (QED) is 0.617. The summed E-state index contributed by atoms with van der Waals surface area (Å²) in [5, 5.41) is 0.558. The van der Waals surface area contributed by atoms with Crippen LogP contribution in [0.5, 0.6) is 0 Å². The van der Waals surface area contributed by atoms with Crippen molar-refractivity contribution in [1.29, 1.82) is 0 Å². The van der Waals surface area contributed by atoms with Crippen LogP contribution in [0.4, 0.5) is 4.39 Å². The van der Waals surface area contributed by atoms with Crippen molar-refractivity contribution in [3.8, 4) is 0 Å². The standard InChI is InChI=1S/C13H18ClFN2O/c1-18-13(8-2-3-8)12(17-16)7-9-6-10(15)4-5-11(9)14/h4-6,8,12-13,17H,2-3,7,16H2,1H3. The number of hydrogen-bond donors (Lipinski definition) is 2. The molecule has 18 heavy (non-hydrogen) atoms. The van der Waals surface area contributed by atoms with Crippen molar-refractivity contribution in [1.82, 2.24) is 5.43 Å². The third-order valence-corrected chi connectivity index (χ3v) is 3.79. The molecule has 1 aromatic rings. The van der Waals surface area contributed by atoms with Crippen molar-refractivity contribution in [3.63, 3.8) is 0 Å². The SMILES string of the molecule is COC(C1CC1)C(Cc1cc(F)ccc1Cl)NN. The highest BCUT2D eigenvalue weighted by molar-refractivity contribution is 6.31. The third kappa shape index (κ3) is 3.20. The van der Waals surface area contributed by atoms with Crippen molar-refractivity contribution in [2.24, 2.45) is 11.8 Å². The summed E-state index contributed by atoms with van der Waals surface area (Å²) in [4.78, 5) is 0. The van der Waals surface area contributed by atoms with Gasteiger partial charge in [-0.3, -0.25) is 11.3 Å². The Balaban J connectivity index is 2.11. The number of nitrogens with two attached hydrogens (primary N) is 1. The lowest BCUT2D eigenvalue weighted by Gasteiger charge is -2.25. The van der Waals surface area contributed by atoms with Crippen molar-refractivity contribution >= 4 is 11.6 Å². The number of hydrazine groups is 1. The van der Waals surface area contributed by atoms with Crippen LogP contribution in [0.1, 0.15) is 18.4 Å². The molecule has 0 heterocycles. The van der Waals surface area contributed by atoms with Crippen LogP contribution in [0.25, 0.3) is 0 Å². The van der Waals surface area contributed by atoms with Crippen molar-refractivity contribution < 1.29 is 9.13 Å². The van der Waals surface area contributed by atoms with Crippen LogP contribution in [-0.4, -0.2) is 19.3 Å². The average molecular weight is 273 g/mol. The van der Waals surface area contributed by atoms with E-state index in [1.54, 1.807) is 13.2 Å². The highest BCUT2D eigenvalue weighted by Crippen LogP contribution is 2.36. The minimum Gasteiger partial charge on any atom is -0.379 e. The van der Waals surface area contributed by atoms with Crippen molar-refractivity contribution in [3.05, 3.63) is 34.6 Å². The van der Waals surface area contributed by atoms with Gasteiger partial charge in [0, 0.05) is 12.1 Å². The van der Waals surface area contributed by atoms with Gasteiger partial charge in [-0.1, -0.05) is 11.6 Å². The van der Waals surface area contributed by atoms with Gasteiger partial charge in [-0.2, -0.15) is 0 Å². The van der Waals surface area contributed by atoms with Gasteiger partial charge < -0.3 is 4.74 Å². The summed E-state index contributed by atoms with van der Waals surface area (Å²) in [5.74, 6) is 5.84. The monoisotopic (exact) mass is 272 g/mol. The molecule has 2 unspecified atom stereocenters. The van der Waals surface area contributed by atoms with Crippen LogP contribution in [0.3, 0.4) is 0 Å². The van der Waals surface area contributed by atoms with Crippen LogP contribution in [0.15, 0.2) is 18.2 Å². The number of rotatable bonds is 6. The summed E-state index contributed by atoms with van der Waals surface area (Å²) < 4.78 is 18.7. The number of benzene rings is 1. The van der Waals surface area contributed by atoms with E-state index in [4.69, 9.17) is 22.2 Å². The van der Waals surface area contributed by atoms with Crippen LogP contribution < -0.4 is 11.3 Å². The zero-order valence-electron chi connectivity index (χ0n) is 10.3. The first-order valence-electron chi connectivity index (χ1n) is 6.08. The minimum absolute atomic E-state index is 0.0503. The van der Waals surface area contributed by atoms with Crippen molar-refractivity contribution in [2.45, 2.75) is 31.4 Å². The Kier molecular flexibility index (Phi) is 4.56. The Bertz CT molecular complexity index is 412. The largest absolute Gasteiger partial charge is 0.379 e. The molecule has 0 saturated heterocycles. The topological polar surface area (TPSA) is 47.3 Å². The van der Waals surface area contributed by atoms with Gasteiger partial charge in [-0.15, -0.1) is 0 Å². The molecule has 0 bridgehead atoms. The lowest BCUT2D eigenvalue weighted by atomic mass is 9.98. The van der Waals surface area contributed by atoms with Crippen LogP contribution >= 0.6 is 11.6 Å². The number of hydrogen-bond acceptors (Lipinski definition) is 3. The molecule has 1 fully saturated rings. The van der Waals surface area contributed by atoms with Crippen LogP contribution in [-0.2, 0) is 11.2 Å². The van der Waals surface area contributed by atoms with E-state index in [2.05, 4.69) is 5.43 Å². The first-order chi connectivity index (χ1) is 8.65. The van der Waals surface area contributed by atoms with E-state index >= 15 is 0 Å². The van der Waals surface area contributed by atoms with Gasteiger partial charge in [0.1, 0.15) is 5.82 Å². The maximum atomic E-state index is 13.2. The van der Waals surface area contributed by atoms with Gasteiger partial charge >= 0.3 is 0 Å². The summed E-state index contributed by atoms with van der Waals surface area (Å²) in [6, 6.07) is 4.32. The lowest BCUT2D eigenvalue weighted by Crippen LogP contribution is -2.47. The van der Waals surface area contributed by atoms with Crippen LogP contribution in [0, 0.1) is 11.7 Å². The van der Waals surface area contributed by atoms with Gasteiger partial charge in [0.25, 0.3) is 0 Å². The molecule has 0 amide bonds. The number of methoxy groups -OCH3 is 1. The first-order valence-corrected chi connectivity index (χ1v) is 6.46. The van der Waals surface area contributed by atoms with Gasteiger partial charge in [0.15, 0.2) is 0 Å². The molecule has 5 heteroatoms. The molecule has 3 N–H and O–H groups in total. The predicted octanol–water partition coefficient (Wildman–Crippen LogP) is 2.28. The second kappa shape index (κ2) is 5.97. The molecule has 1 aliphatic rings. The van der Waals surface area contributed by atoms with Gasteiger partial charge in [0.2, 0.25) is 0 Å². The second-order valence-electron chi connectivity index (χ2n) is 4.75. The molecule has 0 spiro atoms. The van der Waals surface area contributed by atoms with Gasteiger partial charge in [-0.05, 0) is 48.9 Å². The molecule has 3 nitrogen and oxygen atoms in total. The maximum Gasteiger partial charge on any atom is 0.123 e. The summed E-state index contributed by atoms with van der Waals surface area (Å²) in [7, 11) is 1.68. The average Bonchev–Trinajstić information content (AvgIpc) is 3.17. The normalized spacial score (nSPS) is 18.7. The van der Waals surface area contributed by atoms with Gasteiger partial charge in [-0.25, -0.2) is 4.39 Å². The van der Waals surface area contributed by atoms with E-state index in [1.807, 2.05) is 0 Å². The Labute approximate surface area is 111 Å². The molecule has 2 rings (SSSR count). The van der Waals surface area contributed by atoms with Gasteiger partial charge in [0.05, 0.1) is 12.1 Å². The van der Waals surface area contributed by atoms with E-state index in [0.717, 1.165) is 18.4 Å². The van der Waals surface area contributed by atoms with Crippen LogP contribution in [0.2, 0.25) is 5.02 Å². The molecule has 1 saturated carbocycles. The molecule has 0 aliphatic heterocycles. The second-order valence-corrected chi connectivity index (χ2v) is 5.16. The zero-order chi connectivity index (χ0) is 13.1. The highest BCUT2D eigenvalue weighted by Gasteiger charge is 2.36. The third-order valence-electron chi connectivity index (χ3n) is 3.42. The number of halogens is 2. The van der Waals surface area contributed by atoms with E-state index < -0.39 is 0 Å². The smallest absolute Gasteiger partial charge is 0.123 e. The molecule has 0 aromatic heterocycles. The first kappa shape index (κ1) is 13.7. The summed E-state index contributed by atoms with van der Waals surface area (Å²) in [5.41, 5.74) is 3.52. The van der Waals surface area contributed by atoms with E-state index in [1.165, 1.54) is 12.1 Å². The maximum absolute atomic E-state index is 13.2. The lowest BCUT2D eigenvalue weighted by molar-refractivity contribution is 0.0511. The Morgan fingerprint density at radius 1 is 1.56 bits per heavy atom. The fourth-order valence-corrected chi connectivity index (χ4v) is 2.51. The molecular weight excluding hydrogens is 255 g/mol. The minimum atomic E-state index is -0.287. The molecule has 100 valence electrons. The summed E-state index contributed by atoms with van der Waals surface area (Å²) in [6.07, 6.45) is 2.93. The molecule has 2 atom stereocenters. The van der Waals surface area contributed by atoms with Crippen molar-refractivity contribution in [2.75, 3.05) is 7.11 Å². The molecule has 1 aliphatic carbocycles. The van der Waals surface area contributed by atoms with E-state index in [-0.39, 0.29) is 18.0 Å². The fraction of sp³-hybridized carbons (Fsp3) is 0.538. The summed E-state index contributed by atoms with van der Waals surface area (Å²) >= 11 is 6.06. The Morgan fingerprint density at radius 3 is 2.83 bits per heavy atom. The van der Waals surface area contributed by atoms with E-state index in [9.17, 15) is 4.39 Å². The molecular formula is C13H18ClFN2O. The molecule has 0 radical (unpaired) electrons.